The highest BCUT2D eigenvalue weighted by atomic mass is 19.1. The summed E-state index contributed by atoms with van der Waals surface area (Å²) in [6, 6.07) is 2.59. The van der Waals surface area contributed by atoms with Crippen molar-refractivity contribution in [3.8, 4) is 5.75 Å². The number of hydrogen-bond acceptors (Lipinski definition) is 3. The van der Waals surface area contributed by atoms with Crippen molar-refractivity contribution in [1.82, 2.24) is 14.9 Å². The minimum absolute atomic E-state index is 0.0672. The zero-order valence-corrected chi connectivity index (χ0v) is 12.2. The summed E-state index contributed by atoms with van der Waals surface area (Å²) in [4.78, 5) is 3.92. The first kappa shape index (κ1) is 15.4. The van der Waals surface area contributed by atoms with Gasteiger partial charge >= 0.3 is 0 Å². The van der Waals surface area contributed by atoms with E-state index in [-0.39, 0.29) is 12.4 Å². The molecule has 0 fully saturated rings. The van der Waals surface area contributed by atoms with Gasteiger partial charge in [-0.1, -0.05) is 6.92 Å². The van der Waals surface area contributed by atoms with Crippen molar-refractivity contribution in [2.24, 2.45) is 7.05 Å². The van der Waals surface area contributed by atoms with Crippen LogP contribution < -0.4 is 10.1 Å². The molecule has 0 aliphatic rings. The van der Waals surface area contributed by atoms with Gasteiger partial charge in [0.05, 0.1) is 18.2 Å². The zero-order valence-electron chi connectivity index (χ0n) is 12.2. The van der Waals surface area contributed by atoms with Crippen molar-refractivity contribution in [3.05, 3.63) is 47.5 Å². The monoisotopic (exact) mass is 295 g/mol. The molecular formula is C15H19F2N3O. The predicted molar refractivity (Wildman–Crippen MR) is 75.9 cm³/mol. The largest absolute Gasteiger partial charge is 0.481 e. The molecule has 2 aromatic rings. The third-order valence-electron chi connectivity index (χ3n) is 3.09. The second-order valence-corrected chi connectivity index (χ2v) is 4.85. The van der Waals surface area contributed by atoms with Crippen LogP contribution in [0.3, 0.4) is 0 Å². The minimum Gasteiger partial charge on any atom is -0.481 e. The molecule has 114 valence electrons. The predicted octanol–water partition coefficient (Wildman–Crippen LogP) is 2.78. The highest BCUT2D eigenvalue weighted by molar-refractivity contribution is 5.31. The summed E-state index contributed by atoms with van der Waals surface area (Å²) in [5, 5.41) is 3.10. The Labute approximate surface area is 122 Å². The molecule has 1 aromatic carbocycles. The van der Waals surface area contributed by atoms with Crippen molar-refractivity contribution in [2.45, 2.75) is 26.5 Å². The number of benzene rings is 1. The summed E-state index contributed by atoms with van der Waals surface area (Å²) in [6.45, 7) is 3.34. The lowest BCUT2D eigenvalue weighted by atomic mass is 10.2. The van der Waals surface area contributed by atoms with Crippen LogP contribution in [0.15, 0.2) is 24.7 Å². The number of aromatic nitrogens is 2. The molecule has 2 rings (SSSR count). The number of nitrogens with zero attached hydrogens (tertiary/aromatic N) is 2. The van der Waals surface area contributed by atoms with E-state index in [4.69, 9.17) is 4.74 Å². The van der Waals surface area contributed by atoms with E-state index >= 15 is 0 Å². The van der Waals surface area contributed by atoms with E-state index in [1.165, 1.54) is 12.1 Å². The van der Waals surface area contributed by atoms with Gasteiger partial charge in [0.25, 0.3) is 0 Å². The Morgan fingerprint density at radius 3 is 2.57 bits per heavy atom. The Morgan fingerprint density at radius 1 is 1.29 bits per heavy atom. The van der Waals surface area contributed by atoms with Crippen LogP contribution >= 0.6 is 0 Å². The average molecular weight is 295 g/mol. The van der Waals surface area contributed by atoms with Gasteiger partial charge in [-0.05, 0) is 30.7 Å². The SMILES string of the molecule is CCCNCc1cc(F)c(OCc2cncn2C)c(F)c1. The third-order valence-corrected chi connectivity index (χ3v) is 3.09. The summed E-state index contributed by atoms with van der Waals surface area (Å²) in [6.07, 6.45) is 4.17. The van der Waals surface area contributed by atoms with Gasteiger partial charge in [-0.2, -0.15) is 0 Å². The summed E-state index contributed by atoms with van der Waals surface area (Å²) in [7, 11) is 1.79. The number of nitrogens with one attached hydrogen (secondary N) is 1. The van der Waals surface area contributed by atoms with Crippen molar-refractivity contribution in [3.63, 3.8) is 0 Å². The molecule has 0 unspecified atom stereocenters. The molecular weight excluding hydrogens is 276 g/mol. The van der Waals surface area contributed by atoms with Gasteiger partial charge in [0, 0.05) is 13.6 Å². The molecule has 1 heterocycles. The first-order valence-corrected chi connectivity index (χ1v) is 6.88. The highest BCUT2D eigenvalue weighted by Gasteiger charge is 2.13. The topological polar surface area (TPSA) is 39.1 Å². The number of ether oxygens (including phenoxy) is 1. The van der Waals surface area contributed by atoms with Gasteiger partial charge in [-0.15, -0.1) is 0 Å². The van der Waals surface area contributed by atoms with Gasteiger partial charge in [0.1, 0.15) is 6.61 Å². The van der Waals surface area contributed by atoms with E-state index in [2.05, 4.69) is 10.3 Å². The van der Waals surface area contributed by atoms with Crippen LogP contribution in [-0.4, -0.2) is 16.1 Å². The molecule has 6 heteroatoms. The first-order valence-electron chi connectivity index (χ1n) is 6.88. The minimum atomic E-state index is -0.689. The van der Waals surface area contributed by atoms with Crippen molar-refractivity contribution < 1.29 is 13.5 Å². The second kappa shape index (κ2) is 7.17. The fourth-order valence-corrected chi connectivity index (χ4v) is 1.93. The van der Waals surface area contributed by atoms with E-state index in [1.807, 2.05) is 6.92 Å². The summed E-state index contributed by atoms with van der Waals surface area (Å²) in [5.74, 6) is -1.73. The Morgan fingerprint density at radius 2 is 2.00 bits per heavy atom. The summed E-state index contributed by atoms with van der Waals surface area (Å²) in [5.41, 5.74) is 1.30. The molecule has 0 aliphatic carbocycles. The van der Waals surface area contributed by atoms with E-state index in [0.29, 0.717) is 12.1 Å². The molecule has 0 aliphatic heterocycles. The smallest absolute Gasteiger partial charge is 0.191 e. The van der Waals surface area contributed by atoms with E-state index in [1.54, 1.807) is 24.1 Å². The molecule has 0 saturated carbocycles. The van der Waals surface area contributed by atoms with Crippen LogP contribution in [0.25, 0.3) is 0 Å². The maximum atomic E-state index is 13.9. The van der Waals surface area contributed by atoms with Crippen molar-refractivity contribution in [1.29, 1.82) is 0 Å². The molecule has 0 amide bonds. The lowest BCUT2D eigenvalue weighted by Crippen LogP contribution is -2.14. The Hall–Kier alpha value is -1.95. The maximum absolute atomic E-state index is 13.9. The highest BCUT2D eigenvalue weighted by Crippen LogP contribution is 2.24. The normalized spacial score (nSPS) is 10.9. The standard InChI is InChI=1S/C15H19F2N3O/c1-3-4-18-7-11-5-13(16)15(14(17)6-11)21-9-12-8-19-10-20(12)2/h5-6,8,10,18H,3-4,7,9H2,1-2H3. The molecule has 0 spiro atoms. The molecule has 0 saturated heterocycles. The molecule has 21 heavy (non-hydrogen) atoms. The summed E-state index contributed by atoms with van der Waals surface area (Å²) >= 11 is 0. The lowest BCUT2D eigenvalue weighted by Gasteiger charge is -2.11. The first-order chi connectivity index (χ1) is 10.1. The second-order valence-electron chi connectivity index (χ2n) is 4.85. The Bertz CT molecular complexity index is 575. The third kappa shape index (κ3) is 4.01. The lowest BCUT2D eigenvalue weighted by molar-refractivity contribution is 0.266. The van der Waals surface area contributed by atoms with Gasteiger partial charge in [0.15, 0.2) is 17.4 Å². The zero-order chi connectivity index (χ0) is 15.2. The van der Waals surface area contributed by atoms with Crippen LogP contribution in [0.4, 0.5) is 8.78 Å². The van der Waals surface area contributed by atoms with E-state index in [0.717, 1.165) is 18.7 Å². The fraction of sp³-hybridized carbons (Fsp3) is 0.400. The molecule has 0 atom stereocenters. The Kier molecular flexibility index (Phi) is 5.27. The van der Waals surface area contributed by atoms with Crippen LogP contribution in [0.2, 0.25) is 0 Å². The van der Waals surface area contributed by atoms with Crippen molar-refractivity contribution in [2.75, 3.05) is 6.54 Å². The molecule has 4 nitrogen and oxygen atoms in total. The quantitative estimate of drug-likeness (QED) is 0.798. The fourth-order valence-electron chi connectivity index (χ4n) is 1.93. The van der Waals surface area contributed by atoms with Crippen molar-refractivity contribution >= 4 is 0 Å². The molecule has 0 radical (unpaired) electrons. The number of aryl methyl sites for hydroxylation is 1. The van der Waals surface area contributed by atoms with E-state index < -0.39 is 11.6 Å². The molecule has 0 bridgehead atoms. The summed E-state index contributed by atoms with van der Waals surface area (Å²) < 4.78 is 34.8. The van der Waals surface area contributed by atoms with Gasteiger partial charge in [0.2, 0.25) is 0 Å². The number of imidazole rings is 1. The van der Waals surface area contributed by atoms with Crippen LogP contribution in [0.1, 0.15) is 24.6 Å². The molecule has 1 aromatic heterocycles. The molecule has 1 N–H and O–H groups in total. The average Bonchev–Trinajstić information content (AvgIpc) is 2.84. The van der Waals surface area contributed by atoms with E-state index in [9.17, 15) is 8.78 Å². The van der Waals surface area contributed by atoms with Crippen LogP contribution in [-0.2, 0) is 20.2 Å². The number of halogens is 2. The van der Waals surface area contributed by atoms with Crippen LogP contribution in [0, 0.1) is 11.6 Å². The number of rotatable bonds is 7. The maximum Gasteiger partial charge on any atom is 0.191 e. The van der Waals surface area contributed by atoms with Gasteiger partial charge in [-0.25, -0.2) is 13.8 Å². The Balaban J connectivity index is 2.04. The number of hydrogen-bond donors (Lipinski definition) is 1. The van der Waals surface area contributed by atoms with Gasteiger partial charge < -0.3 is 14.6 Å². The van der Waals surface area contributed by atoms with Crippen LogP contribution in [0.5, 0.6) is 5.75 Å². The van der Waals surface area contributed by atoms with Gasteiger partial charge in [-0.3, -0.25) is 0 Å².